The van der Waals surface area contributed by atoms with E-state index in [9.17, 15) is 0 Å². The van der Waals surface area contributed by atoms with Crippen molar-refractivity contribution in [3.8, 4) is 5.82 Å². The molecule has 0 saturated carbocycles. The number of methoxy groups -OCH3 is 1. The van der Waals surface area contributed by atoms with Crippen molar-refractivity contribution < 1.29 is 4.74 Å². The number of ether oxygens (including phenoxy) is 1. The summed E-state index contributed by atoms with van der Waals surface area (Å²) in [7, 11) is 1.61. The van der Waals surface area contributed by atoms with Crippen molar-refractivity contribution in [1.29, 1.82) is 0 Å². The van der Waals surface area contributed by atoms with Crippen LogP contribution in [0.5, 0.6) is 0 Å². The number of aromatic nitrogens is 4. The number of hydrogen-bond acceptors (Lipinski definition) is 4. The van der Waals surface area contributed by atoms with Crippen molar-refractivity contribution in [2.75, 3.05) is 7.11 Å². The smallest absolute Gasteiger partial charge is 0.173 e. The summed E-state index contributed by atoms with van der Waals surface area (Å²) in [6.07, 6.45) is 4.77. The van der Waals surface area contributed by atoms with Crippen LogP contribution in [0, 0.1) is 0 Å². The van der Waals surface area contributed by atoms with Gasteiger partial charge in [-0.1, -0.05) is 11.6 Å². The van der Waals surface area contributed by atoms with Gasteiger partial charge in [0.25, 0.3) is 0 Å². The lowest BCUT2D eigenvalue weighted by atomic mass is 10.5. The molecule has 0 radical (unpaired) electrons. The minimum atomic E-state index is 0.424. The van der Waals surface area contributed by atoms with Gasteiger partial charge in [-0.2, -0.15) is 5.10 Å². The van der Waals surface area contributed by atoms with Gasteiger partial charge >= 0.3 is 0 Å². The molecule has 0 saturated heterocycles. The maximum absolute atomic E-state index is 5.99. The summed E-state index contributed by atoms with van der Waals surface area (Å²) in [4.78, 5) is 8.04. The van der Waals surface area contributed by atoms with Gasteiger partial charge < -0.3 is 4.74 Å². The Morgan fingerprint density at radius 2 is 2.33 bits per heavy atom. The van der Waals surface area contributed by atoms with E-state index in [-0.39, 0.29) is 0 Å². The van der Waals surface area contributed by atoms with Gasteiger partial charge in [0.1, 0.15) is 5.15 Å². The summed E-state index contributed by atoms with van der Waals surface area (Å²) in [5.41, 5.74) is 0.758. The molecule has 0 atom stereocenters. The van der Waals surface area contributed by atoms with E-state index in [0.717, 1.165) is 5.69 Å². The van der Waals surface area contributed by atoms with Crippen molar-refractivity contribution in [2.24, 2.45) is 0 Å². The summed E-state index contributed by atoms with van der Waals surface area (Å²) in [5.74, 6) is 0.588. The highest BCUT2D eigenvalue weighted by Gasteiger charge is 2.08. The molecule has 15 heavy (non-hydrogen) atoms. The number of nitrogens with zero attached hydrogens (tertiary/aromatic N) is 4. The molecule has 0 unspecified atom stereocenters. The van der Waals surface area contributed by atoms with E-state index in [1.165, 1.54) is 4.68 Å². The molecule has 0 aliphatic rings. The Morgan fingerprint density at radius 3 is 3.00 bits per heavy atom. The molecule has 2 aromatic heterocycles. The first-order chi connectivity index (χ1) is 7.31. The van der Waals surface area contributed by atoms with Crippen LogP contribution in [0.25, 0.3) is 5.82 Å². The second kappa shape index (κ2) is 4.37. The summed E-state index contributed by atoms with van der Waals surface area (Å²) in [6, 6.07) is 1.74. The Morgan fingerprint density at radius 1 is 1.47 bits per heavy atom. The molecule has 0 N–H and O–H groups in total. The first-order valence-electron chi connectivity index (χ1n) is 4.31. The predicted molar refractivity (Wildman–Crippen MR) is 54.9 cm³/mol. The molecule has 5 nitrogen and oxygen atoms in total. The largest absolute Gasteiger partial charge is 0.378 e. The van der Waals surface area contributed by atoms with Gasteiger partial charge in [-0.05, 0) is 0 Å². The normalized spacial score (nSPS) is 10.5. The number of rotatable bonds is 3. The van der Waals surface area contributed by atoms with Crippen LogP contribution in [0.3, 0.4) is 0 Å². The molecular formula is C9H9ClN4O. The summed E-state index contributed by atoms with van der Waals surface area (Å²) in [6.45, 7) is 0.424. The molecule has 0 bridgehead atoms. The Balaban J connectivity index is 2.36. The van der Waals surface area contributed by atoms with Gasteiger partial charge in [0.2, 0.25) is 0 Å². The fourth-order valence-electron chi connectivity index (χ4n) is 1.18. The van der Waals surface area contributed by atoms with Crippen molar-refractivity contribution in [3.05, 3.63) is 35.5 Å². The predicted octanol–water partition coefficient (Wildman–Crippen LogP) is 1.46. The number of halogens is 1. The van der Waals surface area contributed by atoms with Crippen LogP contribution in [-0.2, 0) is 11.3 Å². The van der Waals surface area contributed by atoms with Crippen LogP contribution in [0.15, 0.2) is 24.7 Å². The average molecular weight is 225 g/mol. The zero-order chi connectivity index (χ0) is 10.7. The van der Waals surface area contributed by atoms with Gasteiger partial charge in [-0.25, -0.2) is 9.67 Å². The van der Waals surface area contributed by atoms with Crippen molar-refractivity contribution in [2.45, 2.75) is 6.61 Å². The van der Waals surface area contributed by atoms with Crippen molar-refractivity contribution >= 4 is 11.6 Å². The van der Waals surface area contributed by atoms with E-state index in [2.05, 4.69) is 15.1 Å². The standard InChI is InChI=1S/C9H9ClN4O/c1-15-6-7-4-8(10)14(13-7)9-5-11-2-3-12-9/h2-5H,6H2,1H3. The number of hydrogen-bond donors (Lipinski definition) is 0. The summed E-state index contributed by atoms with van der Waals surface area (Å²) < 4.78 is 6.48. The van der Waals surface area contributed by atoms with Gasteiger partial charge in [0, 0.05) is 25.6 Å². The highest BCUT2D eigenvalue weighted by Crippen LogP contribution is 2.15. The lowest BCUT2D eigenvalue weighted by molar-refractivity contribution is 0.181. The molecule has 0 fully saturated rings. The van der Waals surface area contributed by atoms with Crippen LogP contribution in [0.1, 0.15) is 5.69 Å². The fourth-order valence-corrected chi connectivity index (χ4v) is 1.43. The Hall–Kier alpha value is -1.46. The highest BCUT2D eigenvalue weighted by molar-refractivity contribution is 6.29. The third-order valence-electron chi connectivity index (χ3n) is 1.78. The maximum atomic E-state index is 5.99. The van der Waals surface area contributed by atoms with E-state index in [1.54, 1.807) is 31.8 Å². The topological polar surface area (TPSA) is 52.8 Å². The Labute approximate surface area is 91.7 Å². The fraction of sp³-hybridized carbons (Fsp3) is 0.222. The third-order valence-corrected chi connectivity index (χ3v) is 2.04. The molecule has 2 aromatic rings. The zero-order valence-corrected chi connectivity index (χ0v) is 8.85. The lowest BCUT2D eigenvalue weighted by Gasteiger charge is -1.99. The lowest BCUT2D eigenvalue weighted by Crippen LogP contribution is -2.00. The van der Waals surface area contributed by atoms with E-state index >= 15 is 0 Å². The minimum absolute atomic E-state index is 0.424. The Bertz CT molecular complexity index is 443. The SMILES string of the molecule is COCc1cc(Cl)n(-c2cnccn2)n1. The molecule has 0 aliphatic heterocycles. The van der Waals surface area contributed by atoms with Crippen molar-refractivity contribution in [3.63, 3.8) is 0 Å². The maximum Gasteiger partial charge on any atom is 0.173 e. The molecule has 6 heteroatoms. The summed E-state index contributed by atoms with van der Waals surface area (Å²) >= 11 is 5.99. The molecule has 0 aliphatic carbocycles. The molecule has 2 rings (SSSR count). The van der Waals surface area contributed by atoms with Crippen LogP contribution in [0.4, 0.5) is 0 Å². The van der Waals surface area contributed by atoms with E-state index in [1.807, 2.05) is 0 Å². The third kappa shape index (κ3) is 2.14. The van der Waals surface area contributed by atoms with Gasteiger partial charge in [0.15, 0.2) is 5.82 Å². The average Bonchev–Trinajstić information content (AvgIpc) is 2.61. The molecular weight excluding hydrogens is 216 g/mol. The molecule has 0 aromatic carbocycles. The van der Waals surface area contributed by atoms with Crippen LogP contribution >= 0.6 is 11.6 Å². The van der Waals surface area contributed by atoms with Crippen LogP contribution in [0.2, 0.25) is 5.15 Å². The van der Waals surface area contributed by atoms with Crippen molar-refractivity contribution in [1.82, 2.24) is 19.7 Å². The minimum Gasteiger partial charge on any atom is -0.378 e. The first-order valence-corrected chi connectivity index (χ1v) is 4.69. The van der Waals surface area contributed by atoms with E-state index in [4.69, 9.17) is 16.3 Å². The van der Waals surface area contributed by atoms with E-state index in [0.29, 0.717) is 17.6 Å². The molecule has 78 valence electrons. The van der Waals surface area contributed by atoms with Gasteiger partial charge in [0.05, 0.1) is 18.5 Å². The second-order valence-corrected chi connectivity index (χ2v) is 3.25. The zero-order valence-electron chi connectivity index (χ0n) is 8.09. The second-order valence-electron chi connectivity index (χ2n) is 2.87. The first kappa shape index (κ1) is 10.1. The molecule has 0 amide bonds. The van der Waals surface area contributed by atoms with E-state index < -0.39 is 0 Å². The van der Waals surface area contributed by atoms with Crippen LogP contribution < -0.4 is 0 Å². The molecule has 2 heterocycles. The van der Waals surface area contributed by atoms with Gasteiger partial charge in [-0.15, -0.1) is 0 Å². The molecule has 0 spiro atoms. The quantitative estimate of drug-likeness (QED) is 0.792. The van der Waals surface area contributed by atoms with Gasteiger partial charge in [-0.3, -0.25) is 4.98 Å². The van der Waals surface area contributed by atoms with Crippen LogP contribution in [-0.4, -0.2) is 26.9 Å². The summed E-state index contributed by atoms with van der Waals surface area (Å²) in [5, 5.41) is 4.72. The highest BCUT2D eigenvalue weighted by atomic mass is 35.5. The Kier molecular flexibility index (Phi) is 2.94. The monoisotopic (exact) mass is 224 g/mol.